The zero-order valence-corrected chi connectivity index (χ0v) is 11.8. The summed E-state index contributed by atoms with van der Waals surface area (Å²) in [6, 6.07) is 6.39. The van der Waals surface area contributed by atoms with Gasteiger partial charge in [0, 0.05) is 35.8 Å². The number of nitrogens with zero attached hydrogens (tertiary/aromatic N) is 1. The van der Waals surface area contributed by atoms with Gasteiger partial charge in [-0.3, -0.25) is 4.90 Å². The van der Waals surface area contributed by atoms with Crippen LogP contribution in [0.4, 0.5) is 5.69 Å². The van der Waals surface area contributed by atoms with Crippen LogP contribution in [0, 0.1) is 6.92 Å². The predicted molar refractivity (Wildman–Crippen MR) is 77.4 cm³/mol. The molecule has 1 heterocycles. The topological polar surface area (TPSA) is 29.3 Å². The molecule has 1 saturated heterocycles. The van der Waals surface area contributed by atoms with E-state index in [-0.39, 0.29) is 0 Å². The van der Waals surface area contributed by atoms with Crippen LogP contribution in [-0.2, 0) is 6.54 Å². The summed E-state index contributed by atoms with van der Waals surface area (Å²) in [4.78, 5) is 2.55. The number of hydrogen-bond donors (Lipinski definition) is 1. The summed E-state index contributed by atoms with van der Waals surface area (Å²) < 4.78 is 0. The van der Waals surface area contributed by atoms with Gasteiger partial charge >= 0.3 is 0 Å². The summed E-state index contributed by atoms with van der Waals surface area (Å²) in [5, 5.41) is 1.49. The van der Waals surface area contributed by atoms with E-state index in [1.165, 1.54) is 24.2 Å². The normalized spacial score (nSPS) is 26.1. The van der Waals surface area contributed by atoms with Crippen LogP contribution in [0.2, 0.25) is 0 Å². The summed E-state index contributed by atoms with van der Waals surface area (Å²) in [5.74, 6) is 0. The Bertz CT molecular complexity index is 382. The smallest absolute Gasteiger partial charge is 0.0343 e. The fraction of sp³-hybridized carbons (Fsp3) is 0.571. The van der Waals surface area contributed by atoms with Crippen molar-refractivity contribution in [2.75, 3.05) is 18.8 Å². The Morgan fingerprint density at radius 2 is 1.94 bits per heavy atom. The van der Waals surface area contributed by atoms with Crippen molar-refractivity contribution in [3.05, 3.63) is 29.3 Å². The van der Waals surface area contributed by atoms with Gasteiger partial charge in [0.15, 0.2) is 0 Å². The maximum Gasteiger partial charge on any atom is 0.0343 e. The number of nitrogen functional groups attached to an aromatic ring is 1. The Hall–Kier alpha value is -0.670. The van der Waals surface area contributed by atoms with Crippen LogP contribution in [0.5, 0.6) is 0 Å². The number of nitrogens with two attached hydrogens (primary N) is 1. The van der Waals surface area contributed by atoms with Gasteiger partial charge in [-0.1, -0.05) is 26.0 Å². The number of rotatable bonds is 2. The summed E-state index contributed by atoms with van der Waals surface area (Å²) in [5.41, 5.74) is 9.31. The van der Waals surface area contributed by atoms with Gasteiger partial charge in [-0.15, -0.1) is 0 Å². The van der Waals surface area contributed by atoms with Crippen molar-refractivity contribution in [2.45, 2.75) is 37.8 Å². The molecule has 1 aromatic rings. The summed E-state index contributed by atoms with van der Waals surface area (Å²) in [6.45, 7) is 10.2. The zero-order valence-electron chi connectivity index (χ0n) is 10.9. The average Bonchev–Trinajstić information content (AvgIpc) is 2.22. The molecule has 2 nitrogen and oxygen atoms in total. The van der Waals surface area contributed by atoms with E-state index in [4.69, 9.17) is 5.73 Å². The molecule has 2 atom stereocenters. The van der Waals surface area contributed by atoms with Crippen molar-refractivity contribution in [3.8, 4) is 0 Å². The van der Waals surface area contributed by atoms with Crippen molar-refractivity contribution >= 4 is 17.4 Å². The second-order valence-corrected chi connectivity index (χ2v) is 7.02. The van der Waals surface area contributed by atoms with E-state index in [1.807, 2.05) is 6.07 Å². The van der Waals surface area contributed by atoms with Crippen molar-refractivity contribution in [1.82, 2.24) is 4.90 Å². The van der Waals surface area contributed by atoms with Crippen molar-refractivity contribution in [3.63, 3.8) is 0 Å². The predicted octanol–water partition coefficient (Wildman–Crippen LogP) is 2.90. The quantitative estimate of drug-likeness (QED) is 0.818. The zero-order chi connectivity index (χ0) is 12.4. The van der Waals surface area contributed by atoms with Gasteiger partial charge in [-0.2, -0.15) is 11.8 Å². The minimum absolute atomic E-state index is 0.744. The van der Waals surface area contributed by atoms with Crippen molar-refractivity contribution < 1.29 is 0 Å². The van der Waals surface area contributed by atoms with Gasteiger partial charge in [0.25, 0.3) is 0 Å². The second kappa shape index (κ2) is 5.32. The van der Waals surface area contributed by atoms with Gasteiger partial charge < -0.3 is 5.73 Å². The van der Waals surface area contributed by atoms with Crippen LogP contribution in [-0.4, -0.2) is 28.5 Å². The molecule has 1 aliphatic rings. The molecule has 2 unspecified atom stereocenters. The minimum atomic E-state index is 0.744. The van der Waals surface area contributed by atoms with Crippen LogP contribution >= 0.6 is 11.8 Å². The van der Waals surface area contributed by atoms with Gasteiger partial charge in [0.2, 0.25) is 0 Å². The third-order valence-corrected chi connectivity index (χ3v) is 4.46. The lowest BCUT2D eigenvalue weighted by atomic mass is 10.1. The Morgan fingerprint density at radius 3 is 2.53 bits per heavy atom. The molecule has 2 rings (SSSR count). The number of thioether (sulfide) groups is 1. The molecule has 3 heteroatoms. The van der Waals surface area contributed by atoms with Gasteiger partial charge in [0.05, 0.1) is 0 Å². The minimum Gasteiger partial charge on any atom is -0.399 e. The third-order valence-electron chi connectivity index (χ3n) is 3.24. The standard InChI is InChI=1S/C14H22N2S/c1-10-6-13(4-5-14(10)15)9-16-7-11(2)17-12(3)8-16/h4-6,11-12H,7-9,15H2,1-3H3. The number of benzene rings is 1. The molecule has 0 radical (unpaired) electrons. The second-order valence-electron chi connectivity index (χ2n) is 5.14. The van der Waals surface area contributed by atoms with Crippen molar-refractivity contribution in [1.29, 1.82) is 0 Å². The highest BCUT2D eigenvalue weighted by molar-refractivity contribution is 8.00. The molecule has 0 saturated carbocycles. The van der Waals surface area contributed by atoms with Gasteiger partial charge in [0.1, 0.15) is 0 Å². The highest BCUT2D eigenvalue weighted by atomic mass is 32.2. The van der Waals surface area contributed by atoms with Crippen LogP contribution in [0.25, 0.3) is 0 Å². The molecule has 1 aliphatic heterocycles. The molecule has 94 valence electrons. The first-order valence-corrected chi connectivity index (χ1v) is 7.21. The molecule has 1 fully saturated rings. The summed E-state index contributed by atoms with van der Waals surface area (Å²) in [7, 11) is 0. The Morgan fingerprint density at radius 1 is 1.29 bits per heavy atom. The molecule has 0 amide bonds. The first kappa shape index (κ1) is 12.8. The van der Waals surface area contributed by atoms with E-state index in [2.05, 4.69) is 49.6 Å². The van der Waals surface area contributed by atoms with Crippen LogP contribution in [0.15, 0.2) is 18.2 Å². The average molecular weight is 250 g/mol. The Kier molecular flexibility index (Phi) is 4.00. The molecule has 0 bridgehead atoms. The molecular formula is C14H22N2S. The molecule has 17 heavy (non-hydrogen) atoms. The Balaban J connectivity index is 2.02. The third kappa shape index (κ3) is 3.39. The SMILES string of the molecule is Cc1cc(CN2CC(C)SC(C)C2)ccc1N. The van der Waals surface area contributed by atoms with Crippen molar-refractivity contribution in [2.24, 2.45) is 0 Å². The molecular weight excluding hydrogens is 228 g/mol. The highest BCUT2D eigenvalue weighted by Crippen LogP contribution is 2.26. The first-order chi connectivity index (χ1) is 8.04. The summed E-state index contributed by atoms with van der Waals surface area (Å²) >= 11 is 2.10. The van der Waals surface area contributed by atoms with E-state index in [1.54, 1.807) is 0 Å². The number of hydrogen-bond acceptors (Lipinski definition) is 3. The fourth-order valence-corrected chi connectivity index (χ4v) is 3.89. The highest BCUT2D eigenvalue weighted by Gasteiger charge is 2.22. The van der Waals surface area contributed by atoms with Crippen LogP contribution < -0.4 is 5.73 Å². The van der Waals surface area contributed by atoms with E-state index < -0.39 is 0 Å². The largest absolute Gasteiger partial charge is 0.399 e. The van der Waals surface area contributed by atoms with Gasteiger partial charge in [-0.25, -0.2) is 0 Å². The Labute approximate surface area is 109 Å². The van der Waals surface area contributed by atoms with Gasteiger partial charge in [-0.05, 0) is 24.1 Å². The van der Waals surface area contributed by atoms with E-state index in [9.17, 15) is 0 Å². The van der Waals surface area contributed by atoms with E-state index >= 15 is 0 Å². The lowest BCUT2D eigenvalue weighted by molar-refractivity contribution is 0.263. The molecule has 0 aromatic heterocycles. The molecule has 2 N–H and O–H groups in total. The van der Waals surface area contributed by atoms with Crippen LogP contribution in [0.3, 0.4) is 0 Å². The fourth-order valence-electron chi connectivity index (χ4n) is 2.51. The first-order valence-electron chi connectivity index (χ1n) is 6.27. The van der Waals surface area contributed by atoms with Crippen LogP contribution in [0.1, 0.15) is 25.0 Å². The maximum atomic E-state index is 5.85. The maximum absolute atomic E-state index is 5.85. The molecule has 0 aliphatic carbocycles. The monoisotopic (exact) mass is 250 g/mol. The van der Waals surface area contributed by atoms with E-state index in [0.29, 0.717) is 0 Å². The lowest BCUT2D eigenvalue weighted by Gasteiger charge is -2.34. The van der Waals surface area contributed by atoms with E-state index in [0.717, 1.165) is 22.7 Å². The molecule has 0 spiro atoms. The summed E-state index contributed by atoms with van der Waals surface area (Å²) in [6.07, 6.45) is 0. The lowest BCUT2D eigenvalue weighted by Crippen LogP contribution is -2.39. The number of anilines is 1. The molecule has 1 aromatic carbocycles. The number of aryl methyl sites for hydroxylation is 1.